The summed E-state index contributed by atoms with van der Waals surface area (Å²) in [6.45, 7) is 6.81. The van der Waals surface area contributed by atoms with Crippen molar-refractivity contribution in [3.8, 4) is 0 Å². The number of rotatable bonds is 0. The third-order valence-corrected chi connectivity index (χ3v) is 0. The predicted octanol–water partition coefficient (Wildman–Crippen LogP) is -8.83. The number of hydrogen-bond acceptors (Lipinski definition) is 14. The minimum Gasteiger partial charge on any atom is -2.00 e. The fourth-order valence-electron chi connectivity index (χ4n) is 0. The van der Waals surface area contributed by atoms with Gasteiger partial charge < -0.3 is 74.8 Å². The second-order valence-electron chi connectivity index (χ2n) is 3.44. The van der Waals surface area contributed by atoms with E-state index in [2.05, 4.69) is 0 Å². The predicted molar refractivity (Wildman–Crippen MR) is 75.5 cm³/mol. The van der Waals surface area contributed by atoms with E-state index in [-0.39, 0.29) is 63.9 Å². The van der Waals surface area contributed by atoms with Crippen LogP contribution in [0.3, 0.4) is 0 Å². The van der Waals surface area contributed by atoms with Gasteiger partial charge in [-0.25, -0.2) is 0 Å². The van der Waals surface area contributed by atoms with E-state index in [4.69, 9.17) is 69.3 Å². The Morgan fingerprint density at radius 1 is 0.312 bits per heavy atom. The zero-order valence-corrected chi connectivity index (χ0v) is 22.9. The molecule has 0 aromatic carbocycles. The van der Waals surface area contributed by atoms with Crippen molar-refractivity contribution in [2.24, 2.45) is 0 Å². The molecule has 18 heteroatoms. The van der Waals surface area contributed by atoms with E-state index < -0.39 is 41.8 Å². The average Bonchev–Trinajstić information content (AvgIpc) is 2.20. The third-order valence-electron chi connectivity index (χ3n) is 0. The van der Waals surface area contributed by atoms with E-state index in [1.807, 2.05) is 0 Å². The van der Waals surface area contributed by atoms with E-state index in [1.165, 1.54) is 0 Å². The Kier molecular flexibility index (Phi) is 138. The first-order chi connectivity index (χ1) is 12.1. The van der Waals surface area contributed by atoms with Gasteiger partial charge in [0.05, 0.1) is 0 Å². The van der Waals surface area contributed by atoms with Crippen molar-refractivity contribution in [3.05, 3.63) is 0 Å². The Hall–Kier alpha value is -1.88. The molecule has 32 heavy (non-hydrogen) atoms. The van der Waals surface area contributed by atoms with Crippen molar-refractivity contribution in [2.75, 3.05) is 0 Å². The Labute approximate surface area is 222 Å². The molecule has 0 spiro atoms. The van der Waals surface area contributed by atoms with Crippen molar-refractivity contribution in [2.45, 2.75) is 48.5 Å². The minimum atomic E-state index is -1.08. The van der Waals surface area contributed by atoms with Gasteiger partial charge in [-0.05, 0) is 48.5 Å². The Morgan fingerprint density at radius 3 is 0.312 bits per heavy atom. The van der Waals surface area contributed by atoms with Crippen molar-refractivity contribution >= 4 is 41.8 Å². The topological polar surface area (TPSA) is 309 Å². The zero-order chi connectivity index (χ0) is 25.0. The molecule has 0 fully saturated rings. The Balaban J connectivity index is -0.0000000175. The molecule has 0 bridgehead atoms. The number of hydrogen-bond donors (Lipinski definition) is 0. The van der Waals surface area contributed by atoms with Crippen LogP contribution in [0.4, 0.5) is 0 Å². The Bertz CT molecular complexity index is 322. The Morgan fingerprint density at radius 2 is 0.312 bits per heavy atom. The zero-order valence-electron chi connectivity index (χ0n) is 17.7. The van der Waals surface area contributed by atoms with Crippen LogP contribution >= 0.6 is 0 Å². The molecule has 0 aromatic rings. The summed E-state index contributed by atoms with van der Waals surface area (Å²) in [6, 6.07) is 0. The maximum Gasteiger partial charge on any atom is 3.00 e. The second-order valence-corrected chi connectivity index (χ2v) is 3.44. The SMILES string of the molecule is CC(=O)[O-].CC(=O)[O-].CC(=O)[O-].CC(=O)[O-].CC(=O)[O-].CC(=O)[O-].CC(=O)[O-].[O-2].[Ru+3].[Ru+3].[Ru+3]. The standard InChI is InChI=1S/7C2H4O2.O.3Ru/c7*1-2(3)4;;;;/h7*1H3,(H,3,4);;;;/q;;;;;;;-2;3*+3/p-7. The molecular formula is C14H21O15Ru3. The van der Waals surface area contributed by atoms with Crippen LogP contribution < -0.4 is 35.7 Å². The quantitative estimate of drug-likeness (QED) is 0.209. The summed E-state index contributed by atoms with van der Waals surface area (Å²) in [7, 11) is 0. The molecule has 0 aliphatic carbocycles. The number of carbonyl (C=O) groups excluding carboxylic acids is 7. The summed E-state index contributed by atoms with van der Waals surface area (Å²) >= 11 is 0. The van der Waals surface area contributed by atoms with Gasteiger partial charge in [-0.15, -0.1) is 0 Å². The van der Waals surface area contributed by atoms with Gasteiger partial charge in [0.2, 0.25) is 0 Å². The van der Waals surface area contributed by atoms with Crippen molar-refractivity contribution in [3.63, 3.8) is 0 Å². The van der Waals surface area contributed by atoms with Crippen LogP contribution in [0.2, 0.25) is 0 Å². The summed E-state index contributed by atoms with van der Waals surface area (Å²) in [4.78, 5) is 62.2. The summed E-state index contributed by atoms with van der Waals surface area (Å²) in [5, 5.41) is 62.2. The normalized spacial score (nSPS) is 5.47. The van der Waals surface area contributed by atoms with E-state index in [0.29, 0.717) is 0 Å². The van der Waals surface area contributed by atoms with Crippen LogP contribution in [-0.2, 0) is 97.5 Å². The molecule has 15 nitrogen and oxygen atoms in total. The van der Waals surface area contributed by atoms with Gasteiger partial charge in [-0.2, -0.15) is 0 Å². The summed E-state index contributed by atoms with van der Waals surface area (Å²) < 4.78 is 0. The molecule has 0 aliphatic rings. The van der Waals surface area contributed by atoms with Crippen LogP contribution in [0.25, 0.3) is 0 Å². The fourth-order valence-corrected chi connectivity index (χ4v) is 0. The summed E-state index contributed by atoms with van der Waals surface area (Å²) in [5.41, 5.74) is 0. The smallest absolute Gasteiger partial charge is 2.00 e. The maximum atomic E-state index is 8.89. The largest absolute Gasteiger partial charge is 3.00 e. The van der Waals surface area contributed by atoms with Gasteiger partial charge in [0, 0.05) is 41.8 Å². The molecule has 0 atom stereocenters. The molecule has 0 heterocycles. The van der Waals surface area contributed by atoms with Gasteiger partial charge in [0.15, 0.2) is 0 Å². The molecule has 0 amide bonds. The van der Waals surface area contributed by atoms with Crippen LogP contribution in [0.5, 0.6) is 0 Å². The number of carboxylic acids is 7. The van der Waals surface area contributed by atoms with E-state index in [9.17, 15) is 0 Å². The number of aliphatic carboxylic acids is 7. The molecule has 0 aliphatic heterocycles. The maximum absolute atomic E-state index is 8.89. The molecule has 0 rings (SSSR count). The molecule has 3 radical (unpaired) electrons. The molecule has 0 saturated carbocycles. The number of carbonyl (C=O) groups is 7. The molecule has 191 valence electrons. The first-order valence-corrected chi connectivity index (χ1v) is 6.36. The minimum absolute atomic E-state index is 0. The van der Waals surface area contributed by atoms with Crippen LogP contribution in [0.15, 0.2) is 0 Å². The van der Waals surface area contributed by atoms with Gasteiger partial charge in [-0.3, -0.25) is 0 Å². The van der Waals surface area contributed by atoms with E-state index >= 15 is 0 Å². The monoisotopic (exact) mass is 735 g/mol. The molecule has 0 aromatic heterocycles. The van der Waals surface area contributed by atoms with E-state index in [1.54, 1.807) is 0 Å². The molecule has 0 saturated heterocycles. The van der Waals surface area contributed by atoms with E-state index in [0.717, 1.165) is 48.5 Å². The van der Waals surface area contributed by atoms with Gasteiger partial charge in [0.1, 0.15) is 0 Å². The number of carboxylic acid groups (broad SMARTS) is 7. The van der Waals surface area contributed by atoms with Crippen molar-refractivity contribution in [1.82, 2.24) is 0 Å². The molecular weight excluding hydrogens is 711 g/mol. The molecule has 0 unspecified atom stereocenters. The first kappa shape index (κ1) is 69.9. The van der Waals surface area contributed by atoms with Crippen LogP contribution in [0.1, 0.15) is 48.5 Å². The first-order valence-electron chi connectivity index (χ1n) is 6.36. The van der Waals surface area contributed by atoms with Gasteiger partial charge >= 0.3 is 58.4 Å². The second kappa shape index (κ2) is 63.0. The van der Waals surface area contributed by atoms with Gasteiger partial charge in [-0.1, -0.05) is 0 Å². The summed E-state index contributed by atoms with van der Waals surface area (Å²) in [6.07, 6.45) is 0. The fraction of sp³-hybridized carbons (Fsp3) is 0.500. The molecule has 0 N–H and O–H groups in total. The summed E-state index contributed by atoms with van der Waals surface area (Å²) in [5.74, 6) is -7.58. The van der Waals surface area contributed by atoms with Crippen LogP contribution in [0, 0.1) is 0 Å². The van der Waals surface area contributed by atoms with Crippen molar-refractivity contribution in [1.29, 1.82) is 0 Å². The van der Waals surface area contributed by atoms with Crippen LogP contribution in [-0.4, -0.2) is 41.8 Å². The average molecular weight is 733 g/mol. The van der Waals surface area contributed by atoms with Crippen molar-refractivity contribution < 1.29 is 133 Å². The third kappa shape index (κ3) is 5850. The van der Waals surface area contributed by atoms with Gasteiger partial charge in [0.25, 0.3) is 0 Å².